The van der Waals surface area contributed by atoms with E-state index in [1.807, 2.05) is 43.3 Å². The second kappa shape index (κ2) is 9.69. The van der Waals surface area contributed by atoms with Crippen molar-refractivity contribution in [1.82, 2.24) is 0 Å². The molecule has 2 saturated heterocycles. The Kier molecular flexibility index (Phi) is 6.99. The molecule has 5 nitrogen and oxygen atoms in total. The summed E-state index contributed by atoms with van der Waals surface area (Å²) in [4.78, 5) is 0.930. The second-order valence-electron chi connectivity index (χ2n) is 7.37. The van der Waals surface area contributed by atoms with Gasteiger partial charge >= 0.3 is 0 Å². The number of hydrogen-bond acceptors (Lipinski definition) is 6. The van der Waals surface area contributed by atoms with Crippen molar-refractivity contribution in [2.24, 2.45) is 5.92 Å². The maximum absolute atomic E-state index is 9.10. The summed E-state index contributed by atoms with van der Waals surface area (Å²) in [7, 11) is 0. The van der Waals surface area contributed by atoms with Gasteiger partial charge in [-0.3, -0.25) is 0 Å². The maximum Gasteiger partial charge on any atom is 0.184 e. The van der Waals surface area contributed by atoms with Crippen molar-refractivity contribution in [3.63, 3.8) is 0 Å². The molecule has 2 aromatic rings. The van der Waals surface area contributed by atoms with E-state index in [1.165, 1.54) is 0 Å². The van der Waals surface area contributed by atoms with E-state index >= 15 is 0 Å². The molecule has 7 heteroatoms. The summed E-state index contributed by atoms with van der Waals surface area (Å²) < 4.78 is 24.8. The highest BCUT2D eigenvalue weighted by Gasteiger charge is 2.48. The number of fused-ring (bicyclic) bond motifs is 1. The van der Waals surface area contributed by atoms with E-state index in [1.54, 1.807) is 23.9 Å². The smallest absolute Gasteiger partial charge is 0.184 e. The monoisotopic (exact) mass is 445 g/mol. The Morgan fingerprint density at radius 3 is 2.70 bits per heavy atom. The molecule has 2 aromatic carbocycles. The fraction of sp³-hybridized carbons (Fsp3) is 0.435. The quantitative estimate of drug-likeness (QED) is 0.631. The third-order valence-electron chi connectivity index (χ3n) is 5.42. The average molecular weight is 446 g/mol. The van der Waals surface area contributed by atoms with Gasteiger partial charge in [0.25, 0.3) is 0 Å². The molecule has 4 rings (SSSR count). The first-order valence-corrected chi connectivity index (χ1v) is 11.3. The van der Waals surface area contributed by atoms with Gasteiger partial charge in [-0.25, -0.2) is 0 Å². The fourth-order valence-corrected chi connectivity index (χ4v) is 5.45. The van der Waals surface area contributed by atoms with E-state index in [0.717, 1.165) is 10.5 Å². The van der Waals surface area contributed by atoms with Gasteiger partial charge < -0.3 is 18.9 Å². The Bertz CT molecular complexity index is 906. The van der Waals surface area contributed by atoms with Gasteiger partial charge in [0.2, 0.25) is 0 Å². The topological polar surface area (TPSA) is 60.7 Å². The summed E-state index contributed by atoms with van der Waals surface area (Å²) in [5.74, 6) is 0.116. The summed E-state index contributed by atoms with van der Waals surface area (Å²) in [5.41, 5.74) is 1.23. The number of rotatable bonds is 5. The predicted molar refractivity (Wildman–Crippen MR) is 115 cm³/mol. The lowest BCUT2D eigenvalue weighted by Gasteiger charge is -2.48. The number of thioether (sulfide) groups is 1. The van der Waals surface area contributed by atoms with Gasteiger partial charge in [-0.05, 0) is 25.1 Å². The van der Waals surface area contributed by atoms with Crippen molar-refractivity contribution in [2.75, 3.05) is 13.2 Å². The number of nitrogens with zero attached hydrogens (tertiary/aromatic N) is 1. The molecule has 2 heterocycles. The molecule has 2 aliphatic rings. The minimum Gasteiger partial charge on any atom is -0.374 e. The first-order chi connectivity index (χ1) is 14.6. The standard InChI is InChI=1S/C23H24ClNO4S/c1-3-26-21-14(2)20-19(13-27-22(29-20)15-7-5-4-6-8-15)28-23(21)30-17-10-9-16(12-25)18(24)11-17/h4-11,14,19-23H,3,13H2,1-2H3/t14?,19?,20-,21?,22?,23-/m1/s1. The molecule has 6 atom stereocenters. The zero-order valence-electron chi connectivity index (χ0n) is 16.9. The number of hydrogen-bond donors (Lipinski definition) is 0. The van der Waals surface area contributed by atoms with E-state index in [4.69, 9.17) is 35.8 Å². The fourth-order valence-electron chi connectivity index (χ4n) is 3.91. The van der Waals surface area contributed by atoms with Crippen molar-refractivity contribution < 1.29 is 18.9 Å². The minimum absolute atomic E-state index is 0.116. The van der Waals surface area contributed by atoms with Crippen LogP contribution in [-0.4, -0.2) is 37.0 Å². The van der Waals surface area contributed by atoms with Gasteiger partial charge in [0.15, 0.2) is 6.29 Å². The molecule has 0 N–H and O–H groups in total. The maximum atomic E-state index is 9.10. The summed E-state index contributed by atoms with van der Waals surface area (Å²) in [6.07, 6.45) is -0.850. The zero-order chi connectivity index (χ0) is 21.1. The average Bonchev–Trinajstić information content (AvgIpc) is 2.77. The van der Waals surface area contributed by atoms with Crippen LogP contribution in [0.5, 0.6) is 0 Å². The van der Waals surface area contributed by atoms with Gasteiger partial charge in [-0.2, -0.15) is 5.26 Å². The third-order valence-corrected chi connectivity index (χ3v) is 6.87. The minimum atomic E-state index is -0.401. The SMILES string of the molecule is CCOC1C(C)[C@H]2OC(c3ccccc3)OCC2O[C@@H]1Sc1ccc(C#N)c(Cl)c1. The summed E-state index contributed by atoms with van der Waals surface area (Å²) in [6.45, 7) is 5.17. The molecular formula is C23H24ClNO4S. The largest absolute Gasteiger partial charge is 0.374 e. The Hall–Kier alpha value is -1.59. The molecule has 0 spiro atoms. The van der Waals surface area contributed by atoms with Crippen molar-refractivity contribution in [2.45, 2.75) is 48.8 Å². The van der Waals surface area contributed by atoms with E-state index in [9.17, 15) is 0 Å². The van der Waals surface area contributed by atoms with Crippen LogP contribution in [0.4, 0.5) is 0 Å². The Balaban J connectivity index is 1.51. The van der Waals surface area contributed by atoms with Crippen LogP contribution >= 0.6 is 23.4 Å². The van der Waals surface area contributed by atoms with Crippen molar-refractivity contribution in [3.05, 3.63) is 64.7 Å². The highest BCUT2D eigenvalue weighted by molar-refractivity contribution is 7.99. The van der Waals surface area contributed by atoms with Crippen molar-refractivity contribution in [1.29, 1.82) is 5.26 Å². The first-order valence-electron chi connectivity index (χ1n) is 10.1. The van der Waals surface area contributed by atoms with Crippen LogP contribution in [0.3, 0.4) is 0 Å². The summed E-state index contributed by atoms with van der Waals surface area (Å²) in [6, 6.07) is 17.4. The molecular weight excluding hydrogens is 422 g/mol. The molecule has 0 bridgehead atoms. The van der Waals surface area contributed by atoms with Crippen LogP contribution in [0.1, 0.15) is 31.3 Å². The van der Waals surface area contributed by atoms with Gasteiger partial charge in [0, 0.05) is 23.0 Å². The molecule has 2 fully saturated rings. The molecule has 30 heavy (non-hydrogen) atoms. The number of benzene rings is 2. The van der Waals surface area contributed by atoms with Crippen LogP contribution in [0.25, 0.3) is 0 Å². The molecule has 0 aliphatic carbocycles. The Morgan fingerprint density at radius 2 is 2.00 bits per heavy atom. The lowest BCUT2D eigenvalue weighted by atomic mass is 9.90. The molecule has 0 radical (unpaired) electrons. The van der Waals surface area contributed by atoms with Crippen molar-refractivity contribution >= 4 is 23.4 Å². The molecule has 0 saturated carbocycles. The molecule has 158 valence electrons. The zero-order valence-corrected chi connectivity index (χ0v) is 18.4. The van der Waals surface area contributed by atoms with Crippen LogP contribution in [0, 0.1) is 17.2 Å². The summed E-state index contributed by atoms with van der Waals surface area (Å²) in [5, 5.41) is 9.53. The highest BCUT2D eigenvalue weighted by atomic mass is 35.5. The van der Waals surface area contributed by atoms with E-state index in [2.05, 4.69) is 13.0 Å². The van der Waals surface area contributed by atoms with E-state index in [0.29, 0.717) is 23.8 Å². The van der Waals surface area contributed by atoms with Crippen molar-refractivity contribution in [3.8, 4) is 6.07 Å². The normalized spacial score (nSPS) is 31.0. The Morgan fingerprint density at radius 1 is 1.20 bits per heavy atom. The second-order valence-corrected chi connectivity index (χ2v) is 8.95. The lowest BCUT2D eigenvalue weighted by Crippen LogP contribution is -2.57. The first kappa shape index (κ1) is 21.6. The Labute approximate surface area is 186 Å². The van der Waals surface area contributed by atoms with Gasteiger partial charge in [-0.15, -0.1) is 0 Å². The molecule has 4 unspecified atom stereocenters. The van der Waals surface area contributed by atoms with Gasteiger partial charge in [0.1, 0.15) is 17.6 Å². The third kappa shape index (κ3) is 4.52. The van der Waals surface area contributed by atoms with Gasteiger partial charge in [0.05, 0.1) is 29.4 Å². The van der Waals surface area contributed by atoms with Crippen LogP contribution in [0.15, 0.2) is 53.4 Å². The van der Waals surface area contributed by atoms with Gasteiger partial charge in [-0.1, -0.05) is 60.6 Å². The molecule has 2 aliphatic heterocycles. The van der Waals surface area contributed by atoms with E-state index in [-0.39, 0.29) is 29.7 Å². The molecule has 0 amide bonds. The number of halogens is 1. The highest BCUT2D eigenvalue weighted by Crippen LogP contribution is 2.42. The molecule has 0 aromatic heterocycles. The lowest BCUT2D eigenvalue weighted by molar-refractivity contribution is -0.310. The number of ether oxygens (including phenoxy) is 4. The van der Waals surface area contributed by atoms with E-state index < -0.39 is 6.29 Å². The number of nitriles is 1. The van der Waals surface area contributed by atoms with Crippen LogP contribution in [0.2, 0.25) is 5.02 Å². The summed E-state index contributed by atoms with van der Waals surface area (Å²) >= 11 is 7.76. The van der Waals surface area contributed by atoms with Crippen LogP contribution < -0.4 is 0 Å². The predicted octanol–water partition coefficient (Wildman–Crippen LogP) is 5.18. The van der Waals surface area contributed by atoms with Crippen LogP contribution in [-0.2, 0) is 18.9 Å².